The Morgan fingerprint density at radius 2 is 2.18 bits per heavy atom. The number of carboxylic acid groups (broad SMARTS) is 1. The third kappa shape index (κ3) is 3.06. The van der Waals surface area contributed by atoms with E-state index in [1.54, 1.807) is 0 Å². The number of carbonyl (C=O) groups excluding carboxylic acids is 1. The second-order valence-corrected chi connectivity index (χ2v) is 5.80. The number of amides is 2. The van der Waals surface area contributed by atoms with Gasteiger partial charge in [0, 0.05) is 30.1 Å². The van der Waals surface area contributed by atoms with Crippen molar-refractivity contribution in [2.24, 2.45) is 0 Å². The highest BCUT2D eigenvalue weighted by atomic mass is 32.2. The average molecular weight is 258 g/mol. The lowest BCUT2D eigenvalue weighted by atomic mass is 10.3. The summed E-state index contributed by atoms with van der Waals surface area (Å²) in [6.07, 6.45) is 1.88. The molecule has 0 bridgehead atoms. The number of nitrogens with zero attached hydrogens (tertiary/aromatic N) is 2. The normalized spacial score (nSPS) is 24.5. The molecule has 0 radical (unpaired) electrons. The summed E-state index contributed by atoms with van der Waals surface area (Å²) in [7, 11) is 0. The first-order valence-electron chi connectivity index (χ1n) is 5.96. The van der Waals surface area contributed by atoms with Gasteiger partial charge < -0.3 is 14.9 Å². The molecule has 0 aromatic carbocycles. The van der Waals surface area contributed by atoms with Crippen molar-refractivity contribution in [1.29, 1.82) is 0 Å². The maximum absolute atomic E-state index is 12.3. The molecule has 2 rings (SSSR count). The molecule has 0 spiro atoms. The van der Waals surface area contributed by atoms with Crippen LogP contribution in [0.3, 0.4) is 0 Å². The lowest BCUT2D eigenvalue weighted by Crippen LogP contribution is -2.52. The van der Waals surface area contributed by atoms with Crippen LogP contribution in [-0.2, 0) is 4.79 Å². The quantitative estimate of drug-likeness (QED) is 0.823. The Hall–Kier alpha value is -0.910. The van der Waals surface area contributed by atoms with E-state index < -0.39 is 5.97 Å². The molecular formula is C11H18N2O3S. The molecular weight excluding hydrogens is 240 g/mol. The van der Waals surface area contributed by atoms with Crippen LogP contribution in [0.25, 0.3) is 0 Å². The van der Waals surface area contributed by atoms with Crippen LogP contribution in [0.15, 0.2) is 0 Å². The lowest BCUT2D eigenvalue weighted by molar-refractivity contribution is -0.137. The Balaban J connectivity index is 2.01. The molecule has 1 atom stereocenters. The fourth-order valence-corrected chi connectivity index (χ4v) is 3.07. The Kier molecular flexibility index (Phi) is 3.81. The van der Waals surface area contributed by atoms with E-state index in [0.717, 1.165) is 30.9 Å². The van der Waals surface area contributed by atoms with Crippen LogP contribution in [0.2, 0.25) is 0 Å². The molecule has 0 aromatic rings. The van der Waals surface area contributed by atoms with Crippen molar-refractivity contribution in [1.82, 2.24) is 9.80 Å². The van der Waals surface area contributed by atoms with Gasteiger partial charge >= 0.3 is 12.0 Å². The van der Waals surface area contributed by atoms with Gasteiger partial charge in [-0.1, -0.05) is 0 Å². The molecule has 96 valence electrons. The van der Waals surface area contributed by atoms with Crippen molar-refractivity contribution in [3.63, 3.8) is 0 Å². The second kappa shape index (κ2) is 5.16. The van der Waals surface area contributed by atoms with E-state index in [4.69, 9.17) is 5.11 Å². The van der Waals surface area contributed by atoms with Crippen LogP contribution in [0.1, 0.15) is 19.8 Å². The first-order chi connectivity index (χ1) is 8.09. The van der Waals surface area contributed by atoms with Crippen molar-refractivity contribution in [2.45, 2.75) is 31.8 Å². The van der Waals surface area contributed by atoms with Crippen molar-refractivity contribution in [3.05, 3.63) is 0 Å². The molecule has 1 aliphatic heterocycles. The Morgan fingerprint density at radius 1 is 1.47 bits per heavy atom. The van der Waals surface area contributed by atoms with Crippen LogP contribution < -0.4 is 0 Å². The standard InChI is InChI=1S/C11H18N2O3S/c1-8-7-17-5-4-12(8)11(16)13(6-10(14)15)9-2-3-9/h8-9H,2-7H2,1H3,(H,14,15). The first kappa shape index (κ1) is 12.5. The fourth-order valence-electron chi connectivity index (χ4n) is 2.06. The van der Waals surface area contributed by atoms with Gasteiger partial charge in [-0.2, -0.15) is 11.8 Å². The Bertz CT molecular complexity index is 320. The maximum Gasteiger partial charge on any atom is 0.323 e. The van der Waals surface area contributed by atoms with Crippen LogP contribution >= 0.6 is 11.8 Å². The average Bonchev–Trinajstić information content (AvgIpc) is 3.09. The molecule has 17 heavy (non-hydrogen) atoms. The number of hydrogen-bond acceptors (Lipinski definition) is 3. The zero-order valence-electron chi connectivity index (χ0n) is 9.96. The zero-order valence-corrected chi connectivity index (χ0v) is 10.8. The molecule has 2 amide bonds. The van der Waals surface area contributed by atoms with Crippen LogP contribution in [0, 0.1) is 0 Å². The molecule has 1 aliphatic carbocycles. The summed E-state index contributed by atoms with van der Waals surface area (Å²) in [5.41, 5.74) is 0. The maximum atomic E-state index is 12.3. The molecule has 2 aliphatic rings. The third-order valence-corrected chi connectivity index (χ3v) is 4.34. The minimum atomic E-state index is -0.927. The van der Waals surface area contributed by atoms with E-state index in [1.165, 1.54) is 4.90 Å². The van der Waals surface area contributed by atoms with Gasteiger partial charge in [0.1, 0.15) is 6.54 Å². The van der Waals surface area contributed by atoms with Gasteiger partial charge in [0.2, 0.25) is 0 Å². The number of carboxylic acids is 1. The largest absolute Gasteiger partial charge is 0.480 e. The molecule has 1 heterocycles. The van der Waals surface area contributed by atoms with Gasteiger partial charge in [0.25, 0.3) is 0 Å². The summed E-state index contributed by atoms with van der Waals surface area (Å²) < 4.78 is 0. The van der Waals surface area contributed by atoms with Crippen molar-refractivity contribution < 1.29 is 14.7 Å². The van der Waals surface area contributed by atoms with Gasteiger partial charge in [-0.25, -0.2) is 4.79 Å². The Morgan fingerprint density at radius 3 is 2.71 bits per heavy atom. The number of thioether (sulfide) groups is 1. The van der Waals surface area contributed by atoms with E-state index in [0.29, 0.717) is 0 Å². The van der Waals surface area contributed by atoms with Crippen LogP contribution in [0.5, 0.6) is 0 Å². The van der Waals surface area contributed by atoms with E-state index in [1.807, 2.05) is 23.6 Å². The first-order valence-corrected chi connectivity index (χ1v) is 7.12. The van der Waals surface area contributed by atoms with Gasteiger partial charge in [-0.15, -0.1) is 0 Å². The molecule has 1 saturated carbocycles. The van der Waals surface area contributed by atoms with Crippen molar-refractivity contribution >= 4 is 23.8 Å². The van der Waals surface area contributed by atoms with Gasteiger partial charge in [0.15, 0.2) is 0 Å². The Labute approximate surface area is 105 Å². The van der Waals surface area contributed by atoms with Crippen molar-refractivity contribution in [2.75, 3.05) is 24.6 Å². The predicted molar refractivity (Wildman–Crippen MR) is 66.3 cm³/mol. The molecule has 1 saturated heterocycles. The minimum Gasteiger partial charge on any atom is -0.480 e. The van der Waals surface area contributed by atoms with E-state index >= 15 is 0 Å². The molecule has 2 fully saturated rings. The number of carbonyl (C=O) groups is 2. The topological polar surface area (TPSA) is 60.9 Å². The SMILES string of the molecule is CC1CSCCN1C(=O)N(CC(=O)O)C1CC1. The molecule has 1 unspecified atom stereocenters. The summed E-state index contributed by atoms with van der Waals surface area (Å²) >= 11 is 1.85. The molecule has 1 N–H and O–H groups in total. The highest BCUT2D eigenvalue weighted by Crippen LogP contribution is 2.29. The summed E-state index contributed by atoms with van der Waals surface area (Å²) in [4.78, 5) is 26.4. The van der Waals surface area contributed by atoms with E-state index in [9.17, 15) is 9.59 Å². The van der Waals surface area contributed by atoms with Crippen molar-refractivity contribution in [3.8, 4) is 0 Å². The highest BCUT2D eigenvalue weighted by Gasteiger charge is 2.37. The van der Waals surface area contributed by atoms with E-state index in [2.05, 4.69) is 0 Å². The molecule has 5 nitrogen and oxygen atoms in total. The van der Waals surface area contributed by atoms with E-state index in [-0.39, 0.29) is 24.7 Å². The zero-order chi connectivity index (χ0) is 12.4. The fraction of sp³-hybridized carbons (Fsp3) is 0.818. The second-order valence-electron chi connectivity index (χ2n) is 4.65. The minimum absolute atomic E-state index is 0.0947. The van der Waals surface area contributed by atoms with Crippen LogP contribution in [0.4, 0.5) is 4.79 Å². The highest BCUT2D eigenvalue weighted by molar-refractivity contribution is 7.99. The number of rotatable bonds is 3. The van der Waals surface area contributed by atoms with Crippen LogP contribution in [-0.4, -0.2) is 63.6 Å². The summed E-state index contributed by atoms with van der Waals surface area (Å²) in [5, 5.41) is 8.86. The molecule has 6 heteroatoms. The van der Waals surface area contributed by atoms with Gasteiger partial charge in [-0.05, 0) is 19.8 Å². The lowest BCUT2D eigenvalue weighted by Gasteiger charge is -2.36. The smallest absolute Gasteiger partial charge is 0.323 e. The van der Waals surface area contributed by atoms with Gasteiger partial charge in [-0.3, -0.25) is 4.79 Å². The predicted octanol–water partition coefficient (Wildman–Crippen LogP) is 1.09. The summed E-state index contributed by atoms with van der Waals surface area (Å²) in [6.45, 7) is 2.59. The summed E-state index contributed by atoms with van der Waals surface area (Å²) in [5.74, 6) is 0.961. The third-order valence-electron chi connectivity index (χ3n) is 3.15. The number of urea groups is 1. The van der Waals surface area contributed by atoms with Gasteiger partial charge in [0.05, 0.1) is 0 Å². The summed E-state index contributed by atoms with van der Waals surface area (Å²) in [6, 6.07) is 0.263. The number of aliphatic carboxylic acids is 1. The molecule has 0 aromatic heterocycles. The monoisotopic (exact) mass is 258 g/mol. The number of hydrogen-bond donors (Lipinski definition) is 1.